The highest BCUT2D eigenvalue weighted by Gasteiger charge is 2.50. The summed E-state index contributed by atoms with van der Waals surface area (Å²) in [7, 11) is 0. The molecule has 2 aliphatic rings. The predicted octanol–water partition coefficient (Wildman–Crippen LogP) is 0.0872. The highest BCUT2D eigenvalue weighted by Crippen LogP contribution is 2.46. The second-order valence-corrected chi connectivity index (χ2v) is 3.42. The molecule has 3 N–H and O–H groups in total. The summed E-state index contributed by atoms with van der Waals surface area (Å²) in [6.07, 6.45) is 3.78. The van der Waals surface area contributed by atoms with Crippen LogP contribution in [0.1, 0.15) is 19.3 Å². The molecule has 2 atom stereocenters. The molecule has 2 heteroatoms. The second kappa shape index (κ2) is 1.70. The van der Waals surface area contributed by atoms with E-state index in [1.54, 1.807) is 0 Å². The molecule has 1 heterocycles. The van der Waals surface area contributed by atoms with Gasteiger partial charge in [-0.05, 0) is 38.3 Å². The summed E-state index contributed by atoms with van der Waals surface area (Å²) in [5.74, 6) is 0.854. The third kappa shape index (κ3) is 0.864. The number of hydrogen-bond donors (Lipinski definition) is 2. The lowest BCUT2D eigenvalue weighted by atomic mass is 10.1. The van der Waals surface area contributed by atoms with Gasteiger partial charge in [-0.25, -0.2) is 0 Å². The molecule has 0 bridgehead atoms. The van der Waals surface area contributed by atoms with E-state index < -0.39 is 0 Å². The predicted molar refractivity (Wildman–Crippen MR) is 37.1 cm³/mol. The number of nitrogens with one attached hydrogen (secondary N) is 1. The molecule has 1 aliphatic carbocycles. The molecule has 0 aromatic carbocycles. The lowest BCUT2D eigenvalue weighted by molar-refractivity contribution is 0.570. The molecule has 1 saturated carbocycles. The van der Waals surface area contributed by atoms with Crippen LogP contribution in [-0.2, 0) is 0 Å². The molecule has 2 rings (SSSR count). The van der Waals surface area contributed by atoms with Gasteiger partial charge in [0.25, 0.3) is 0 Å². The molecule has 0 aromatic heterocycles. The Balaban J connectivity index is 2.00. The van der Waals surface area contributed by atoms with E-state index in [2.05, 4.69) is 5.32 Å². The highest BCUT2D eigenvalue weighted by atomic mass is 14.9. The third-order valence-electron chi connectivity index (χ3n) is 2.72. The third-order valence-corrected chi connectivity index (χ3v) is 2.72. The van der Waals surface area contributed by atoms with Gasteiger partial charge in [-0.2, -0.15) is 0 Å². The largest absolute Gasteiger partial charge is 0.325 e. The summed E-state index contributed by atoms with van der Waals surface area (Å²) in [4.78, 5) is 0. The normalized spacial score (nSPS) is 49.7. The Kier molecular flexibility index (Phi) is 1.08. The zero-order chi connectivity index (χ0) is 6.32. The Labute approximate surface area is 55.8 Å². The Bertz CT molecular complexity index is 124. The molecule has 2 nitrogen and oxygen atoms in total. The summed E-state index contributed by atoms with van der Waals surface area (Å²) in [6.45, 7) is 2.32. The quantitative estimate of drug-likeness (QED) is 0.482. The summed E-state index contributed by atoms with van der Waals surface area (Å²) in [5.41, 5.74) is 6.28. The van der Waals surface area contributed by atoms with Crippen molar-refractivity contribution in [3.63, 3.8) is 0 Å². The van der Waals surface area contributed by atoms with Gasteiger partial charge in [0, 0.05) is 5.54 Å². The van der Waals surface area contributed by atoms with Crippen molar-refractivity contribution in [1.82, 2.24) is 5.32 Å². The maximum atomic E-state index is 6.01. The van der Waals surface area contributed by atoms with Crippen LogP contribution in [0.2, 0.25) is 0 Å². The van der Waals surface area contributed by atoms with Crippen LogP contribution in [-0.4, -0.2) is 18.6 Å². The Hall–Kier alpha value is -0.0800. The first-order valence-electron chi connectivity index (χ1n) is 3.81. The number of hydrogen-bond acceptors (Lipinski definition) is 2. The number of fused-ring (bicyclic) bond motifs is 1. The topological polar surface area (TPSA) is 38.0 Å². The Morgan fingerprint density at radius 1 is 1.44 bits per heavy atom. The van der Waals surface area contributed by atoms with Gasteiger partial charge in [-0.3, -0.25) is 0 Å². The van der Waals surface area contributed by atoms with Gasteiger partial charge in [0.2, 0.25) is 0 Å². The van der Waals surface area contributed by atoms with E-state index in [9.17, 15) is 0 Å². The molecule has 0 aromatic rings. The molecule has 1 saturated heterocycles. The Morgan fingerprint density at radius 2 is 2.33 bits per heavy atom. The SMILES string of the molecule is NC12CCNCCC1C2. The van der Waals surface area contributed by atoms with Crippen molar-refractivity contribution < 1.29 is 0 Å². The minimum atomic E-state index is 0.267. The molecule has 2 fully saturated rings. The van der Waals surface area contributed by atoms with Crippen molar-refractivity contribution in [3.05, 3.63) is 0 Å². The average Bonchev–Trinajstić information content (AvgIpc) is 2.40. The monoisotopic (exact) mass is 126 g/mol. The molecule has 0 amide bonds. The van der Waals surface area contributed by atoms with Crippen LogP contribution >= 0.6 is 0 Å². The number of nitrogens with two attached hydrogens (primary N) is 1. The molecular formula is C7H14N2. The van der Waals surface area contributed by atoms with Crippen molar-refractivity contribution in [2.24, 2.45) is 11.7 Å². The van der Waals surface area contributed by atoms with Crippen LogP contribution in [0.5, 0.6) is 0 Å². The zero-order valence-electron chi connectivity index (χ0n) is 5.69. The molecular weight excluding hydrogens is 112 g/mol. The van der Waals surface area contributed by atoms with E-state index in [0.29, 0.717) is 0 Å². The van der Waals surface area contributed by atoms with Gasteiger partial charge in [0.15, 0.2) is 0 Å². The standard InChI is InChI=1S/C7H14N2/c8-7-2-4-9-3-1-6(7)5-7/h6,9H,1-5,8H2. The van der Waals surface area contributed by atoms with E-state index in [1.807, 2.05) is 0 Å². The van der Waals surface area contributed by atoms with Crippen LogP contribution in [0.25, 0.3) is 0 Å². The zero-order valence-corrected chi connectivity index (χ0v) is 5.69. The molecule has 1 aliphatic heterocycles. The van der Waals surface area contributed by atoms with E-state index >= 15 is 0 Å². The second-order valence-electron chi connectivity index (χ2n) is 3.42. The fraction of sp³-hybridized carbons (Fsp3) is 1.00. The summed E-state index contributed by atoms with van der Waals surface area (Å²) >= 11 is 0. The van der Waals surface area contributed by atoms with Crippen molar-refractivity contribution in [3.8, 4) is 0 Å². The summed E-state index contributed by atoms with van der Waals surface area (Å²) < 4.78 is 0. The molecule has 0 spiro atoms. The van der Waals surface area contributed by atoms with Crippen LogP contribution in [0.3, 0.4) is 0 Å². The molecule has 2 unspecified atom stereocenters. The van der Waals surface area contributed by atoms with Gasteiger partial charge < -0.3 is 11.1 Å². The van der Waals surface area contributed by atoms with Crippen LogP contribution in [0.4, 0.5) is 0 Å². The lowest BCUT2D eigenvalue weighted by Crippen LogP contribution is -2.26. The first kappa shape index (κ1) is 5.69. The van der Waals surface area contributed by atoms with Crippen molar-refractivity contribution in [1.29, 1.82) is 0 Å². The van der Waals surface area contributed by atoms with Crippen molar-refractivity contribution in [2.45, 2.75) is 24.8 Å². The minimum Gasteiger partial charge on any atom is -0.325 e. The Morgan fingerprint density at radius 3 is 3.22 bits per heavy atom. The molecule has 0 radical (unpaired) electrons. The van der Waals surface area contributed by atoms with Gasteiger partial charge in [-0.1, -0.05) is 0 Å². The molecule has 9 heavy (non-hydrogen) atoms. The van der Waals surface area contributed by atoms with Gasteiger partial charge in [0.05, 0.1) is 0 Å². The first-order valence-corrected chi connectivity index (χ1v) is 3.81. The van der Waals surface area contributed by atoms with E-state index in [1.165, 1.54) is 25.8 Å². The van der Waals surface area contributed by atoms with Crippen LogP contribution in [0, 0.1) is 5.92 Å². The summed E-state index contributed by atoms with van der Waals surface area (Å²) in [5, 5.41) is 3.35. The van der Waals surface area contributed by atoms with Crippen molar-refractivity contribution >= 4 is 0 Å². The number of rotatable bonds is 0. The van der Waals surface area contributed by atoms with E-state index in [0.717, 1.165) is 12.5 Å². The van der Waals surface area contributed by atoms with Crippen LogP contribution < -0.4 is 11.1 Å². The van der Waals surface area contributed by atoms with Gasteiger partial charge >= 0.3 is 0 Å². The van der Waals surface area contributed by atoms with Gasteiger partial charge in [0.1, 0.15) is 0 Å². The molecule has 52 valence electrons. The van der Waals surface area contributed by atoms with Gasteiger partial charge in [-0.15, -0.1) is 0 Å². The van der Waals surface area contributed by atoms with Crippen LogP contribution in [0.15, 0.2) is 0 Å². The van der Waals surface area contributed by atoms with E-state index in [4.69, 9.17) is 5.73 Å². The summed E-state index contributed by atoms with van der Waals surface area (Å²) in [6, 6.07) is 0. The lowest BCUT2D eigenvalue weighted by Gasteiger charge is -2.05. The smallest absolute Gasteiger partial charge is 0.0199 e. The minimum absolute atomic E-state index is 0.267. The first-order chi connectivity index (χ1) is 4.31. The maximum absolute atomic E-state index is 6.01. The fourth-order valence-electron chi connectivity index (χ4n) is 1.82. The van der Waals surface area contributed by atoms with Crippen molar-refractivity contribution in [2.75, 3.05) is 13.1 Å². The van der Waals surface area contributed by atoms with E-state index in [-0.39, 0.29) is 5.54 Å². The highest BCUT2D eigenvalue weighted by molar-refractivity contribution is 5.08. The maximum Gasteiger partial charge on any atom is 0.0199 e. The average molecular weight is 126 g/mol. The fourth-order valence-corrected chi connectivity index (χ4v) is 1.82.